The predicted octanol–water partition coefficient (Wildman–Crippen LogP) is 2.13. The van der Waals surface area contributed by atoms with E-state index >= 15 is 0 Å². The van der Waals surface area contributed by atoms with E-state index in [1.165, 1.54) is 18.4 Å². The molecule has 1 aromatic heterocycles. The number of thiazole rings is 1. The highest BCUT2D eigenvalue weighted by atomic mass is 32.2. The summed E-state index contributed by atoms with van der Waals surface area (Å²) in [5.41, 5.74) is 4.94. The van der Waals surface area contributed by atoms with E-state index in [0.717, 1.165) is 21.4 Å². The van der Waals surface area contributed by atoms with Gasteiger partial charge in [0.15, 0.2) is 5.82 Å². The van der Waals surface area contributed by atoms with Crippen LogP contribution in [0.2, 0.25) is 0 Å². The maximum Gasteiger partial charge on any atom is 0.246 e. The topological polar surface area (TPSA) is 76.3 Å². The molecule has 0 saturated carbocycles. The molecule has 0 unspecified atom stereocenters. The lowest BCUT2D eigenvalue weighted by molar-refractivity contribution is 0.455. The van der Waals surface area contributed by atoms with Crippen molar-refractivity contribution < 1.29 is 17.2 Å². The lowest BCUT2D eigenvalue weighted by atomic mass is 10.3. The number of aryl methyl sites for hydroxylation is 1. The molecule has 0 aliphatic carbocycles. The van der Waals surface area contributed by atoms with Crippen molar-refractivity contribution >= 4 is 27.0 Å². The third kappa shape index (κ3) is 3.04. The van der Waals surface area contributed by atoms with Crippen LogP contribution in [-0.2, 0) is 16.6 Å². The molecular weight excluding hydrogens is 320 g/mol. The third-order valence-corrected chi connectivity index (χ3v) is 5.47. The molecule has 0 saturated heterocycles. The fourth-order valence-electron chi connectivity index (χ4n) is 1.71. The van der Waals surface area contributed by atoms with Gasteiger partial charge >= 0.3 is 0 Å². The number of nitrogen functional groups attached to an aromatic ring is 1. The molecule has 1 aromatic carbocycles. The summed E-state index contributed by atoms with van der Waals surface area (Å²) in [7, 11) is -2.83. The zero-order valence-electron chi connectivity index (χ0n) is 11.3. The molecule has 0 aliphatic rings. The first-order valence-electron chi connectivity index (χ1n) is 5.84. The smallest absolute Gasteiger partial charge is 0.246 e. The Bertz CT molecular complexity index is 775. The van der Waals surface area contributed by atoms with Crippen molar-refractivity contribution in [3.63, 3.8) is 0 Å². The number of sulfonamides is 1. The molecule has 0 amide bonds. The van der Waals surface area contributed by atoms with E-state index in [9.17, 15) is 17.2 Å². The molecule has 21 heavy (non-hydrogen) atoms. The van der Waals surface area contributed by atoms with Crippen LogP contribution in [0.15, 0.2) is 22.4 Å². The summed E-state index contributed by atoms with van der Waals surface area (Å²) in [5.74, 6) is -2.28. The van der Waals surface area contributed by atoms with Gasteiger partial charge in [-0.2, -0.15) is 4.31 Å². The van der Waals surface area contributed by atoms with E-state index in [2.05, 4.69) is 4.98 Å². The Morgan fingerprint density at radius 2 is 2.05 bits per heavy atom. The highest BCUT2D eigenvalue weighted by molar-refractivity contribution is 7.89. The van der Waals surface area contributed by atoms with E-state index in [1.54, 1.807) is 12.3 Å². The summed E-state index contributed by atoms with van der Waals surface area (Å²) in [6.45, 7) is 1.78. The Morgan fingerprint density at radius 1 is 1.38 bits per heavy atom. The third-order valence-electron chi connectivity index (χ3n) is 2.83. The summed E-state index contributed by atoms with van der Waals surface area (Å²) in [6, 6.07) is 1.69. The normalized spacial score (nSPS) is 12.0. The second-order valence-corrected chi connectivity index (χ2v) is 7.47. The van der Waals surface area contributed by atoms with E-state index in [1.807, 2.05) is 0 Å². The number of nitrogens with two attached hydrogens (primary N) is 1. The number of nitrogens with zero attached hydrogens (tertiary/aromatic N) is 2. The molecule has 0 bridgehead atoms. The van der Waals surface area contributed by atoms with E-state index in [4.69, 9.17) is 5.73 Å². The van der Waals surface area contributed by atoms with Gasteiger partial charge in [0.05, 0.1) is 17.2 Å². The van der Waals surface area contributed by atoms with Crippen LogP contribution in [0.3, 0.4) is 0 Å². The van der Waals surface area contributed by atoms with Crippen molar-refractivity contribution in [2.75, 3.05) is 12.8 Å². The monoisotopic (exact) mass is 333 g/mol. The highest BCUT2D eigenvalue weighted by Crippen LogP contribution is 2.25. The first-order valence-corrected chi connectivity index (χ1v) is 8.16. The van der Waals surface area contributed by atoms with Crippen LogP contribution < -0.4 is 5.73 Å². The molecule has 2 aromatic rings. The fraction of sp³-hybridized carbons (Fsp3) is 0.250. The summed E-state index contributed by atoms with van der Waals surface area (Å²) in [5, 5.41) is 2.52. The summed E-state index contributed by atoms with van der Waals surface area (Å²) < 4.78 is 52.6. The van der Waals surface area contributed by atoms with Crippen LogP contribution in [0.25, 0.3) is 0 Å². The predicted molar refractivity (Wildman–Crippen MR) is 76.3 cm³/mol. The minimum Gasteiger partial charge on any atom is -0.394 e. The second kappa shape index (κ2) is 5.66. The maximum atomic E-state index is 13.9. The zero-order chi connectivity index (χ0) is 15.8. The number of rotatable bonds is 4. The molecule has 0 atom stereocenters. The van der Waals surface area contributed by atoms with Gasteiger partial charge in [-0.25, -0.2) is 22.2 Å². The van der Waals surface area contributed by atoms with Gasteiger partial charge in [0, 0.05) is 12.4 Å². The van der Waals surface area contributed by atoms with Crippen molar-refractivity contribution in [1.82, 2.24) is 9.29 Å². The average molecular weight is 333 g/mol. The molecule has 0 radical (unpaired) electrons. The van der Waals surface area contributed by atoms with Gasteiger partial charge in [0.2, 0.25) is 10.0 Å². The molecule has 0 spiro atoms. The van der Waals surface area contributed by atoms with Gasteiger partial charge < -0.3 is 5.73 Å². The number of benzene rings is 1. The molecular formula is C12H13F2N3O2S2. The van der Waals surface area contributed by atoms with Crippen molar-refractivity contribution in [1.29, 1.82) is 0 Å². The Balaban J connectivity index is 2.35. The SMILES string of the molecule is Cc1nc(CN(C)S(=O)(=O)c2ccc(F)c(N)c2F)cs1. The van der Waals surface area contributed by atoms with Crippen LogP contribution in [0, 0.1) is 18.6 Å². The number of hydrogen-bond donors (Lipinski definition) is 1. The van der Waals surface area contributed by atoms with Gasteiger partial charge in [0.25, 0.3) is 0 Å². The molecule has 5 nitrogen and oxygen atoms in total. The molecule has 1 heterocycles. The fourth-order valence-corrected chi connectivity index (χ4v) is 3.53. The quantitative estimate of drug-likeness (QED) is 0.870. The Hall–Kier alpha value is -1.58. The zero-order valence-corrected chi connectivity index (χ0v) is 12.9. The molecule has 114 valence electrons. The lowest BCUT2D eigenvalue weighted by Crippen LogP contribution is -2.27. The Morgan fingerprint density at radius 3 is 2.62 bits per heavy atom. The Labute approximate surface area is 125 Å². The van der Waals surface area contributed by atoms with E-state index in [-0.39, 0.29) is 6.54 Å². The molecule has 2 N–H and O–H groups in total. The summed E-state index contributed by atoms with van der Waals surface area (Å²) in [4.78, 5) is 3.49. The van der Waals surface area contributed by atoms with Gasteiger partial charge in [-0.15, -0.1) is 11.3 Å². The highest BCUT2D eigenvalue weighted by Gasteiger charge is 2.27. The van der Waals surface area contributed by atoms with E-state index < -0.39 is 32.2 Å². The first-order chi connectivity index (χ1) is 9.73. The van der Waals surface area contributed by atoms with Crippen molar-refractivity contribution in [3.8, 4) is 0 Å². The molecule has 0 aliphatic heterocycles. The van der Waals surface area contributed by atoms with Gasteiger partial charge in [-0.3, -0.25) is 0 Å². The van der Waals surface area contributed by atoms with Crippen LogP contribution in [0.1, 0.15) is 10.7 Å². The van der Waals surface area contributed by atoms with Gasteiger partial charge in [-0.1, -0.05) is 0 Å². The number of hydrogen-bond acceptors (Lipinski definition) is 5. The molecule has 2 rings (SSSR count). The average Bonchev–Trinajstić information content (AvgIpc) is 2.81. The van der Waals surface area contributed by atoms with Crippen LogP contribution >= 0.6 is 11.3 Å². The summed E-state index contributed by atoms with van der Waals surface area (Å²) >= 11 is 1.38. The second-order valence-electron chi connectivity index (χ2n) is 4.39. The summed E-state index contributed by atoms with van der Waals surface area (Å²) in [6.07, 6.45) is 0. The van der Waals surface area contributed by atoms with Gasteiger partial charge in [-0.05, 0) is 19.1 Å². The largest absolute Gasteiger partial charge is 0.394 e. The van der Waals surface area contributed by atoms with E-state index in [0.29, 0.717) is 5.69 Å². The maximum absolute atomic E-state index is 13.9. The van der Waals surface area contributed by atoms with Gasteiger partial charge in [0.1, 0.15) is 16.4 Å². The lowest BCUT2D eigenvalue weighted by Gasteiger charge is -2.17. The molecule has 0 fully saturated rings. The Kier molecular flexibility index (Phi) is 4.26. The minimum atomic E-state index is -4.12. The molecule has 9 heteroatoms. The van der Waals surface area contributed by atoms with Crippen LogP contribution in [0.4, 0.5) is 14.5 Å². The van der Waals surface area contributed by atoms with Crippen molar-refractivity contribution in [2.24, 2.45) is 0 Å². The van der Waals surface area contributed by atoms with Crippen LogP contribution in [-0.4, -0.2) is 24.8 Å². The number of anilines is 1. The number of halogens is 2. The number of aromatic nitrogens is 1. The van der Waals surface area contributed by atoms with Crippen LogP contribution in [0.5, 0.6) is 0 Å². The van der Waals surface area contributed by atoms with Crippen molar-refractivity contribution in [3.05, 3.63) is 39.8 Å². The minimum absolute atomic E-state index is 0.0105. The first kappa shape index (κ1) is 15.8. The van der Waals surface area contributed by atoms with Crippen molar-refractivity contribution in [2.45, 2.75) is 18.4 Å². The standard InChI is InChI=1S/C12H13F2N3O2S2/c1-7-16-8(6-20-7)5-17(2)21(18,19)10-4-3-9(13)12(15)11(10)14/h3-4,6H,5,15H2,1-2H3.